The molecular formula is C15H19N5. The highest BCUT2D eigenvalue weighted by molar-refractivity contribution is 5.86. The summed E-state index contributed by atoms with van der Waals surface area (Å²) >= 11 is 0. The monoisotopic (exact) mass is 269 g/mol. The van der Waals surface area contributed by atoms with E-state index < -0.39 is 0 Å². The van der Waals surface area contributed by atoms with Crippen LogP contribution in [-0.4, -0.2) is 17.5 Å². The summed E-state index contributed by atoms with van der Waals surface area (Å²) in [5.41, 5.74) is 10.2. The van der Waals surface area contributed by atoms with Gasteiger partial charge < -0.3 is 0 Å². The van der Waals surface area contributed by atoms with Crippen LogP contribution in [0.2, 0.25) is 0 Å². The molecule has 0 unspecified atom stereocenters. The minimum atomic E-state index is 0.660. The van der Waals surface area contributed by atoms with Gasteiger partial charge in [-0.25, -0.2) is 4.99 Å². The maximum absolute atomic E-state index is 4.65. The Labute approximate surface area is 118 Å². The molecule has 5 nitrogen and oxygen atoms in total. The fourth-order valence-electron chi connectivity index (χ4n) is 2.37. The van der Waals surface area contributed by atoms with Gasteiger partial charge in [0.25, 0.3) is 0 Å². The van der Waals surface area contributed by atoms with E-state index in [2.05, 4.69) is 70.9 Å². The van der Waals surface area contributed by atoms with E-state index in [1.807, 2.05) is 5.01 Å². The normalized spacial score (nSPS) is 16.9. The number of aliphatic imine (C=N–C) groups is 1. The first-order valence-corrected chi connectivity index (χ1v) is 6.94. The maximum Gasteiger partial charge on any atom is 0.225 e. The number of nitrogens with one attached hydrogen (secondary N) is 3. The van der Waals surface area contributed by atoms with Gasteiger partial charge in [0.05, 0.1) is 6.54 Å². The third-order valence-corrected chi connectivity index (χ3v) is 3.35. The van der Waals surface area contributed by atoms with E-state index in [-0.39, 0.29) is 0 Å². The Hall–Kier alpha value is -2.11. The molecule has 0 radical (unpaired) electrons. The Bertz CT molecular complexity index is 617. The molecule has 3 N–H and O–H groups in total. The summed E-state index contributed by atoms with van der Waals surface area (Å²) in [4.78, 5) is 4.65. The predicted octanol–water partition coefficient (Wildman–Crippen LogP) is 1.94. The number of fused-ring (bicyclic) bond motifs is 1. The lowest BCUT2D eigenvalue weighted by Gasteiger charge is -2.14. The van der Waals surface area contributed by atoms with Crippen molar-refractivity contribution in [1.29, 1.82) is 0 Å². The lowest BCUT2D eigenvalue weighted by atomic mass is 10.1. The molecule has 1 aliphatic rings. The molecule has 2 aromatic rings. The van der Waals surface area contributed by atoms with Crippen LogP contribution in [0.15, 0.2) is 47.5 Å². The van der Waals surface area contributed by atoms with Gasteiger partial charge in [-0.15, -0.1) is 5.53 Å². The second-order valence-electron chi connectivity index (χ2n) is 4.79. The Balaban J connectivity index is 1.83. The van der Waals surface area contributed by atoms with E-state index in [0.29, 0.717) is 6.54 Å². The van der Waals surface area contributed by atoms with Crippen molar-refractivity contribution in [3.63, 3.8) is 0 Å². The van der Waals surface area contributed by atoms with Gasteiger partial charge >= 0.3 is 0 Å². The molecule has 0 saturated carbocycles. The number of hydrogen-bond acceptors (Lipinski definition) is 3. The first-order chi connectivity index (χ1) is 9.88. The molecular weight excluding hydrogens is 250 g/mol. The summed E-state index contributed by atoms with van der Waals surface area (Å²) in [5.74, 6) is 0.833. The van der Waals surface area contributed by atoms with Gasteiger partial charge in [-0.1, -0.05) is 49.4 Å². The van der Waals surface area contributed by atoms with Crippen molar-refractivity contribution in [3.8, 4) is 0 Å². The number of guanidine groups is 1. The highest BCUT2D eigenvalue weighted by Gasteiger charge is 2.15. The molecule has 5 heteroatoms. The Morgan fingerprint density at radius 3 is 2.85 bits per heavy atom. The molecule has 1 aliphatic heterocycles. The summed E-state index contributed by atoms with van der Waals surface area (Å²) in [6, 6.07) is 14.8. The number of nitrogens with zero attached hydrogens (tertiary/aromatic N) is 2. The molecule has 0 spiro atoms. The van der Waals surface area contributed by atoms with Crippen LogP contribution in [0.25, 0.3) is 10.8 Å². The molecule has 3 rings (SSSR count). The Kier molecular flexibility index (Phi) is 3.80. The molecule has 1 heterocycles. The summed E-state index contributed by atoms with van der Waals surface area (Å²) in [5, 5.41) is 4.50. The highest BCUT2D eigenvalue weighted by atomic mass is 15.9. The molecule has 20 heavy (non-hydrogen) atoms. The summed E-state index contributed by atoms with van der Waals surface area (Å²) in [7, 11) is 0. The lowest BCUT2D eigenvalue weighted by Crippen LogP contribution is -2.38. The van der Waals surface area contributed by atoms with Gasteiger partial charge in [-0.3, -0.25) is 10.4 Å². The fourth-order valence-corrected chi connectivity index (χ4v) is 2.37. The van der Waals surface area contributed by atoms with Crippen LogP contribution in [0.4, 0.5) is 0 Å². The largest absolute Gasteiger partial charge is 0.275 e. The lowest BCUT2D eigenvalue weighted by molar-refractivity contribution is 0.301. The number of rotatable bonds is 4. The van der Waals surface area contributed by atoms with E-state index in [1.54, 1.807) is 0 Å². The van der Waals surface area contributed by atoms with Crippen LogP contribution in [0.5, 0.6) is 0 Å². The SMILES string of the molecule is CCCN1NNNC1=NCc1cccc2ccccc12. The van der Waals surface area contributed by atoms with Crippen molar-refractivity contribution >= 4 is 16.7 Å². The van der Waals surface area contributed by atoms with Gasteiger partial charge in [0, 0.05) is 6.54 Å². The molecule has 104 valence electrons. The smallest absolute Gasteiger partial charge is 0.225 e. The van der Waals surface area contributed by atoms with Crippen LogP contribution in [0.3, 0.4) is 0 Å². The van der Waals surface area contributed by atoms with Gasteiger partial charge in [0.1, 0.15) is 0 Å². The zero-order valence-electron chi connectivity index (χ0n) is 11.6. The first-order valence-electron chi connectivity index (χ1n) is 6.94. The standard InChI is InChI=1S/C15H19N5/c1-2-10-20-15(17-18-19-20)16-11-13-8-5-7-12-6-3-4-9-14(12)13/h3-9,18-19H,2,10-11H2,1H3,(H,16,17). The van der Waals surface area contributed by atoms with Crippen LogP contribution >= 0.6 is 0 Å². The first kappa shape index (κ1) is 12.9. The van der Waals surface area contributed by atoms with E-state index in [4.69, 9.17) is 0 Å². The average Bonchev–Trinajstić information content (AvgIpc) is 2.93. The highest BCUT2D eigenvalue weighted by Crippen LogP contribution is 2.19. The van der Waals surface area contributed by atoms with Gasteiger partial charge in [0.15, 0.2) is 0 Å². The van der Waals surface area contributed by atoms with Gasteiger partial charge in [0.2, 0.25) is 5.96 Å². The molecule has 1 fully saturated rings. The summed E-state index contributed by atoms with van der Waals surface area (Å²) < 4.78 is 0. The number of hydrogen-bond donors (Lipinski definition) is 3. The minimum absolute atomic E-state index is 0.660. The quantitative estimate of drug-likeness (QED) is 0.794. The van der Waals surface area contributed by atoms with Crippen molar-refractivity contribution in [2.45, 2.75) is 19.9 Å². The number of benzene rings is 2. The molecule has 0 atom stereocenters. The third-order valence-electron chi connectivity index (χ3n) is 3.35. The van der Waals surface area contributed by atoms with Crippen molar-refractivity contribution < 1.29 is 0 Å². The summed E-state index contributed by atoms with van der Waals surface area (Å²) in [6.45, 7) is 3.71. The second-order valence-corrected chi connectivity index (χ2v) is 4.79. The number of hydrazine groups is 3. The molecule has 0 aromatic heterocycles. The molecule has 0 aliphatic carbocycles. The van der Waals surface area contributed by atoms with Crippen molar-refractivity contribution in [2.24, 2.45) is 4.99 Å². The zero-order valence-corrected chi connectivity index (χ0v) is 11.6. The van der Waals surface area contributed by atoms with Crippen molar-refractivity contribution in [1.82, 2.24) is 21.5 Å². The van der Waals surface area contributed by atoms with E-state index in [1.165, 1.54) is 16.3 Å². The third kappa shape index (κ3) is 2.59. The second kappa shape index (κ2) is 5.90. The summed E-state index contributed by atoms with van der Waals surface area (Å²) in [6.07, 6.45) is 1.06. The van der Waals surface area contributed by atoms with Crippen LogP contribution in [0, 0.1) is 0 Å². The maximum atomic E-state index is 4.65. The average molecular weight is 269 g/mol. The van der Waals surface area contributed by atoms with Gasteiger partial charge in [-0.05, 0) is 22.8 Å². The predicted molar refractivity (Wildman–Crippen MR) is 81.5 cm³/mol. The van der Waals surface area contributed by atoms with Crippen LogP contribution in [0.1, 0.15) is 18.9 Å². The molecule has 0 bridgehead atoms. The minimum Gasteiger partial charge on any atom is -0.275 e. The molecule has 0 amide bonds. The Morgan fingerprint density at radius 1 is 1.10 bits per heavy atom. The molecule has 2 aromatic carbocycles. The van der Waals surface area contributed by atoms with Crippen molar-refractivity contribution in [2.75, 3.05) is 6.54 Å². The van der Waals surface area contributed by atoms with E-state index >= 15 is 0 Å². The topological polar surface area (TPSA) is 51.7 Å². The van der Waals surface area contributed by atoms with Crippen LogP contribution in [-0.2, 0) is 6.54 Å². The fraction of sp³-hybridized carbons (Fsp3) is 0.267. The van der Waals surface area contributed by atoms with Crippen LogP contribution < -0.4 is 16.5 Å². The van der Waals surface area contributed by atoms with Crippen molar-refractivity contribution in [3.05, 3.63) is 48.0 Å². The zero-order chi connectivity index (χ0) is 13.8. The van der Waals surface area contributed by atoms with Gasteiger partial charge in [-0.2, -0.15) is 5.53 Å². The van der Waals surface area contributed by atoms with E-state index in [9.17, 15) is 0 Å². The molecule has 1 saturated heterocycles. The van der Waals surface area contributed by atoms with E-state index in [0.717, 1.165) is 18.9 Å². The Morgan fingerprint density at radius 2 is 1.95 bits per heavy atom.